The van der Waals surface area contributed by atoms with Crippen molar-refractivity contribution in [3.8, 4) is 0 Å². The van der Waals surface area contributed by atoms with E-state index in [4.69, 9.17) is 16.0 Å². The van der Waals surface area contributed by atoms with Gasteiger partial charge in [-0.3, -0.25) is 19.7 Å². The maximum Gasteiger partial charge on any atom is 0.289 e. The topological polar surface area (TPSA) is 98.5 Å². The molecule has 1 aromatic carbocycles. The zero-order chi connectivity index (χ0) is 23.3. The van der Waals surface area contributed by atoms with Crippen LogP contribution in [0.3, 0.4) is 0 Å². The number of hydrogen-bond acceptors (Lipinski definition) is 6. The molecule has 0 aliphatic carbocycles. The Balaban J connectivity index is 2.91. The van der Waals surface area contributed by atoms with Crippen molar-refractivity contribution in [2.75, 3.05) is 19.7 Å². The Morgan fingerprint density at radius 2 is 1.93 bits per heavy atom. The average Bonchev–Trinajstić information content (AvgIpc) is 2.63. The quantitative estimate of drug-likeness (QED) is 0.0745. The van der Waals surface area contributed by atoms with Gasteiger partial charge in [0.1, 0.15) is 10.8 Å². The van der Waals surface area contributed by atoms with Gasteiger partial charge < -0.3 is 9.74 Å². The van der Waals surface area contributed by atoms with E-state index in [1.54, 1.807) is 6.92 Å². The number of ketones is 2. The molecule has 0 fully saturated rings. The van der Waals surface area contributed by atoms with Crippen LogP contribution >= 0.6 is 34.2 Å². The zero-order valence-electron chi connectivity index (χ0n) is 18.3. The van der Waals surface area contributed by atoms with Crippen LogP contribution < -0.4 is 5.32 Å². The summed E-state index contributed by atoms with van der Waals surface area (Å²) < 4.78 is 6.60. The summed E-state index contributed by atoms with van der Waals surface area (Å²) >= 11 is 8.02. The van der Waals surface area contributed by atoms with Crippen molar-refractivity contribution in [1.82, 2.24) is 5.32 Å². The minimum Gasteiger partial charge on any atom is -0.416 e. The van der Waals surface area contributed by atoms with Crippen LogP contribution in [0.25, 0.3) is 0 Å². The first-order valence-corrected chi connectivity index (χ1v) is 14.1. The van der Waals surface area contributed by atoms with Crippen LogP contribution in [0.2, 0.25) is 23.2 Å². The van der Waals surface area contributed by atoms with Gasteiger partial charge in [0.2, 0.25) is 0 Å². The molecule has 0 saturated heterocycles. The molecule has 1 N–H and O–H groups in total. The van der Waals surface area contributed by atoms with Crippen molar-refractivity contribution < 1.29 is 18.9 Å². The second-order valence-corrected chi connectivity index (χ2v) is 15.0. The standard InChI is InChI=1S/C20H30ClIN2O5Si/c1-7-17(25)15(12-23-8-9-29-30(5,6)20(2,3)4)19(26)14-10-13(22)11-16(18(14)21)24(27)28/h10-11,15,23H,7-9,12H2,1-6H3. The lowest BCUT2D eigenvalue weighted by atomic mass is 9.92. The summed E-state index contributed by atoms with van der Waals surface area (Å²) in [6, 6.07) is 2.78. The number of benzene rings is 1. The number of hydrogen-bond donors (Lipinski definition) is 1. The molecule has 168 valence electrons. The lowest BCUT2D eigenvalue weighted by Gasteiger charge is -2.36. The summed E-state index contributed by atoms with van der Waals surface area (Å²) in [5, 5.41) is 14.2. The number of nitro groups is 1. The molecule has 0 bridgehead atoms. The number of halogens is 2. The summed E-state index contributed by atoms with van der Waals surface area (Å²) in [5.74, 6) is -1.71. The van der Waals surface area contributed by atoms with E-state index in [1.807, 2.05) is 22.6 Å². The Bertz CT molecular complexity index is 811. The van der Waals surface area contributed by atoms with Gasteiger partial charge in [-0.2, -0.15) is 0 Å². The molecule has 1 unspecified atom stereocenters. The Kier molecular flexibility index (Phi) is 10.1. The Morgan fingerprint density at radius 1 is 1.33 bits per heavy atom. The maximum atomic E-state index is 13.1. The summed E-state index contributed by atoms with van der Waals surface area (Å²) in [5.41, 5.74) is -0.341. The predicted molar refractivity (Wildman–Crippen MR) is 130 cm³/mol. The highest BCUT2D eigenvalue weighted by atomic mass is 127. The molecular formula is C20H30ClIN2O5Si. The minimum atomic E-state index is -1.87. The van der Waals surface area contributed by atoms with Gasteiger partial charge in [-0.15, -0.1) is 0 Å². The fourth-order valence-electron chi connectivity index (χ4n) is 2.52. The van der Waals surface area contributed by atoms with E-state index in [0.29, 0.717) is 16.7 Å². The van der Waals surface area contributed by atoms with Crippen molar-refractivity contribution in [2.24, 2.45) is 5.92 Å². The lowest BCUT2D eigenvalue weighted by molar-refractivity contribution is -0.384. The smallest absolute Gasteiger partial charge is 0.289 e. The van der Waals surface area contributed by atoms with Gasteiger partial charge in [-0.1, -0.05) is 39.3 Å². The number of rotatable bonds is 11. The van der Waals surface area contributed by atoms with Crippen LogP contribution in [-0.2, 0) is 9.22 Å². The first kappa shape index (κ1) is 27.2. The molecule has 0 spiro atoms. The van der Waals surface area contributed by atoms with Crippen molar-refractivity contribution in [3.05, 3.63) is 36.4 Å². The van der Waals surface area contributed by atoms with Crippen LogP contribution in [0.4, 0.5) is 5.69 Å². The number of nitro benzene ring substituents is 1. The summed E-state index contributed by atoms with van der Waals surface area (Å²) in [6.45, 7) is 13.6. The van der Waals surface area contributed by atoms with Crippen LogP contribution in [0.15, 0.2) is 12.1 Å². The van der Waals surface area contributed by atoms with Gasteiger partial charge in [0.25, 0.3) is 5.69 Å². The van der Waals surface area contributed by atoms with Gasteiger partial charge in [-0.05, 0) is 46.8 Å². The first-order valence-electron chi connectivity index (χ1n) is 9.78. The van der Waals surface area contributed by atoms with Crippen molar-refractivity contribution >= 4 is 59.8 Å². The summed E-state index contributed by atoms with van der Waals surface area (Å²) in [7, 11) is -1.87. The molecule has 0 aliphatic heterocycles. The Morgan fingerprint density at radius 3 is 2.43 bits per heavy atom. The van der Waals surface area contributed by atoms with E-state index in [-0.39, 0.29) is 40.1 Å². The zero-order valence-corrected chi connectivity index (χ0v) is 22.2. The molecule has 0 saturated carbocycles. The lowest BCUT2D eigenvalue weighted by Crippen LogP contribution is -2.43. The normalized spacial score (nSPS) is 13.2. The fourth-order valence-corrected chi connectivity index (χ4v) is 4.44. The van der Waals surface area contributed by atoms with Crippen LogP contribution in [0, 0.1) is 19.6 Å². The van der Waals surface area contributed by atoms with Gasteiger partial charge in [-0.25, -0.2) is 0 Å². The monoisotopic (exact) mass is 568 g/mol. The summed E-state index contributed by atoms with van der Waals surface area (Å²) in [6.07, 6.45) is 0.183. The highest BCUT2D eigenvalue weighted by Crippen LogP contribution is 2.36. The van der Waals surface area contributed by atoms with Crippen LogP contribution in [0.1, 0.15) is 44.5 Å². The third-order valence-electron chi connectivity index (χ3n) is 5.43. The Hall–Kier alpha value is -0.883. The highest BCUT2D eigenvalue weighted by molar-refractivity contribution is 14.1. The SMILES string of the molecule is CCC(=O)C(CNCCO[Si](C)(C)C(C)(C)C)C(=O)c1cc(I)cc([N+](=O)[O-])c1Cl. The number of carbonyl (C=O) groups is 2. The molecule has 0 amide bonds. The average molecular weight is 569 g/mol. The maximum absolute atomic E-state index is 13.1. The van der Waals surface area contributed by atoms with Gasteiger partial charge >= 0.3 is 0 Å². The molecule has 0 aromatic heterocycles. The van der Waals surface area contributed by atoms with Crippen molar-refractivity contribution in [3.63, 3.8) is 0 Å². The summed E-state index contributed by atoms with van der Waals surface area (Å²) in [4.78, 5) is 36.1. The fraction of sp³-hybridized carbons (Fsp3) is 0.600. The second kappa shape index (κ2) is 11.1. The largest absolute Gasteiger partial charge is 0.416 e. The second-order valence-electron chi connectivity index (χ2n) is 8.59. The van der Waals surface area contributed by atoms with Gasteiger partial charge in [0.05, 0.1) is 10.8 Å². The van der Waals surface area contributed by atoms with E-state index >= 15 is 0 Å². The number of Topliss-reactive ketones (excluding diaryl/α,β-unsaturated/α-hetero) is 2. The molecule has 0 radical (unpaired) electrons. The van der Waals surface area contributed by atoms with Crippen molar-refractivity contribution in [1.29, 1.82) is 0 Å². The van der Waals surface area contributed by atoms with E-state index in [9.17, 15) is 19.7 Å². The third kappa shape index (κ3) is 7.08. The molecule has 1 aromatic rings. The minimum absolute atomic E-state index is 0.00129. The van der Waals surface area contributed by atoms with E-state index in [1.165, 1.54) is 12.1 Å². The number of nitrogens with one attached hydrogen (secondary N) is 1. The predicted octanol–water partition coefficient (Wildman–Crippen LogP) is 5.24. The third-order valence-corrected chi connectivity index (χ3v) is 11.0. The van der Waals surface area contributed by atoms with Gasteiger partial charge in [0, 0.05) is 41.3 Å². The van der Waals surface area contributed by atoms with E-state index < -0.39 is 24.9 Å². The molecule has 0 aliphatic rings. The molecule has 0 heterocycles. The molecule has 1 atom stereocenters. The highest BCUT2D eigenvalue weighted by Gasteiger charge is 2.37. The van der Waals surface area contributed by atoms with Gasteiger partial charge in [0.15, 0.2) is 14.1 Å². The van der Waals surface area contributed by atoms with E-state index in [2.05, 4.69) is 39.2 Å². The van der Waals surface area contributed by atoms with Crippen molar-refractivity contribution in [2.45, 2.75) is 52.2 Å². The van der Waals surface area contributed by atoms with Crippen LogP contribution in [0.5, 0.6) is 0 Å². The number of carbonyl (C=O) groups excluding carboxylic acids is 2. The molecule has 10 heteroatoms. The molecule has 1 rings (SSSR count). The first-order chi connectivity index (χ1) is 13.7. The molecular weight excluding hydrogens is 539 g/mol. The molecule has 7 nitrogen and oxygen atoms in total. The Labute approximate surface area is 197 Å². The van der Waals surface area contributed by atoms with E-state index in [0.717, 1.165) is 0 Å². The number of nitrogens with zero attached hydrogens (tertiary/aromatic N) is 1. The molecule has 30 heavy (non-hydrogen) atoms. The van der Waals surface area contributed by atoms with Crippen LogP contribution in [-0.4, -0.2) is 44.5 Å².